The van der Waals surface area contributed by atoms with Crippen molar-refractivity contribution in [2.45, 2.75) is 58.5 Å². The van der Waals surface area contributed by atoms with Crippen LogP contribution in [0.15, 0.2) is 42.1 Å². The van der Waals surface area contributed by atoms with Crippen molar-refractivity contribution in [1.29, 1.82) is 0 Å². The summed E-state index contributed by atoms with van der Waals surface area (Å²) in [5, 5.41) is 5.05. The van der Waals surface area contributed by atoms with Gasteiger partial charge in [-0.2, -0.15) is 0 Å². The molecular formula is C20H28N2. The molecule has 0 saturated carbocycles. The number of aromatic nitrogens is 1. The number of nitrogens with zero attached hydrogens (tertiary/aromatic N) is 1. The van der Waals surface area contributed by atoms with Crippen molar-refractivity contribution in [1.82, 2.24) is 9.88 Å². The minimum Gasteiger partial charge on any atom is -0.347 e. The first-order valence-corrected chi connectivity index (χ1v) is 8.84. The van der Waals surface area contributed by atoms with Gasteiger partial charge in [0.05, 0.1) is 0 Å². The number of para-hydroxylation sites is 1. The molecule has 3 rings (SSSR count). The van der Waals surface area contributed by atoms with E-state index < -0.39 is 0 Å². The Morgan fingerprint density at radius 3 is 2.91 bits per heavy atom. The Hall–Kier alpha value is -1.54. The van der Waals surface area contributed by atoms with Gasteiger partial charge in [-0.05, 0) is 56.7 Å². The number of nitrogens with one attached hydrogen (secondary N) is 1. The van der Waals surface area contributed by atoms with E-state index in [1.807, 2.05) is 0 Å². The molecule has 22 heavy (non-hydrogen) atoms. The Balaban J connectivity index is 1.60. The van der Waals surface area contributed by atoms with Crippen LogP contribution in [0.5, 0.6) is 0 Å². The summed E-state index contributed by atoms with van der Waals surface area (Å²) < 4.78 is 2.40. The first-order valence-electron chi connectivity index (χ1n) is 8.84. The lowest BCUT2D eigenvalue weighted by Gasteiger charge is -2.12. The highest BCUT2D eigenvalue weighted by atomic mass is 15.0. The molecule has 0 spiro atoms. The minimum atomic E-state index is 0.977. The molecule has 0 radical (unpaired) electrons. The average molecular weight is 296 g/mol. The first-order chi connectivity index (χ1) is 10.9. The Labute approximate surface area is 134 Å². The SMILES string of the molecule is CCCn1cc(CNCCC2=CCCCC2)c2ccccc21. The molecule has 0 fully saturated rings. The van der Waals surface area contributed by atoms with Crippen LogP contribution in [0.4, 0.5) is 0 Å². The van der Waals surface area contributed by atoms with Gasteiger partial charge in [-0.25, -0.2) is 0 Å². The van der Waals surface area contributed by atoms with Crippen molar-refractivity contribution in [3.8, 4) is 0 Å². The van der Waals surface area contributed by atoms with Gasteiger partial charge in [0, 0.05) is 30.2 Å². The lowest BCUT2D eigenvalue weighted by Crippen LogP contribution is -2.15. The quantitative estimate of drug-likeness (QED) is 0.560. The molecule has 0 amide bonds. The fourth-order valence-corrected chi connectivity index (χ4v) is 3.49. The highest BCUT2D eigenvalue weighted by Gasteiger charge is 2.07. The van der Waals surface area contributed by atoms with Crippen LogP contribution in [-0.4, -0.2) is 11.1 Å². The van der Waals surface area contributed by atoms with Gasteiger partial charge in [-0.15, -0.1) is 0 Å². The van der Waals surface area contributed by atoms with Crippen LogP contribution >= 0.6 is 0 Å². The maximum atomic E-state index is 3.64. The number of rotatable bonds is 7. The maximum Gasteiger partial charge on any atom is 0.0483 e. The van der Waals surface area contributed by atoms with Gasteiger partial charge in [-0.1, -0.05) is 36.8 Å². The average Bonchev–Trinajstić information content (AvgIpc) is 2.91. The fraction of sp³-hybridized carbons (Fsp3) is 0.500. The van der Waals surface area contributed by atoms with Gasteiger partial charge >= 0.3 is 0 Å². The second-order valence-electron chi connectivity index (χ2n) is 6.40. The van der Waals surface area contributed by atoms with E-state index >= 15 is 0 Å². The van der Waals surface area contributed by atoms with Gasteiger partial charge in [0.1, 0.15) is 0 Å². The molecule has 1 aliphatic carbocycles. The first kappa shape index (κ1) is 15.4. The molecule has 118 valence electrons. The van der Waals surface area contributed by atoms with E-state index in [9.17, 15) is 0 Å². The summed E-state index contributed by atoms with van der Waals surface area (Å²) in [6.07, 6.45) is 12.6. The summed E-state index contributed by atoms with van der Waals surface area (Å²) in [6, 6.07) is 8.78. The smallest absolute Gasteiger partial charge is 0.0483 e. The molecule has 0 atom stereocenters. The lowest BCUT2D eigenvalue weighted by atomic mass is 9.97. The molecule has 0 bridgehead atoms. The molecular weight excluding hydrogens is 268 g/mol. The zero-order valence-electron chi connectivity index (χ0n) is 13.8. The third-order valence-corrected chi connectivity index (χ3v) is 4.66. The van der Waals surface area contributed by atoms with Crippen molar-refractivity contribution in [3.05, 3.63) is 47.7 Å². The summed E-state index contributed by atoms with van der Waals surface area (Å²) in [4.78, 5) is 0. The summed E-state index contributed by atoms with van der Waals surface area (Å²) in [5.41, 5.74) is 4.46. The van der Waals surface area contributed by atoms with E-state index in [-0.39, 0.29) is 0 Å². The van der Waals surface area contributed by atoms with E-state index in [2.05, 4.69) is 53.3 Å². The summed E-state index contributed by atoms with van der Waals surface area (Å²) in [7, 11) is 0. The van der Waals surface area contributed by atoms with Crippen molar-refractivity contribution in [2.24, 2.45) is 0 Å². The highest BCUT2D eigenvalue weighted by Crippen LogP contribution is 2.22. The standard InChI is InChI=1S/C20H28N2/c1-2-14-22-16-18(19-10-6-7-11-20(19)22)15-21-13-12-17-8-4-3-5-9-17/h6-8,10-11,16,21H,2-5,9,12-15H2,1H3. The summed E-state index contributed by atoms with van der Waals surface area (Å²) >= 11 is 0. The Kier molecular flexibility index (Phi) is 5.33. The largest absolute Gasteiger partial charge is 0.347 e. The third-order valence-electron chi connectivity index (χ3n) is 4.66. The van der Waals surface area contributed by atoms with Crippen LogP contribution < -0.4 is 5.32 Å². The Morgan fingerprint density at radius 2 is 2.09 bits per heavy atom. The maximum absolute atomic E-state index is 3.64. The molecule has 1 aromatic heterocycles. The van der Waals surface area contributed by atoms with Crippen LogP contribution in [-0.2, 0) is 13.1 Å². The predicted molar refractivity (Wildman–Crippen MR) is 95.1 cm³/mol. The minimum absolute atomic E-state index is 0.977. The molecule has 2 aromatic rings. The van der Waals surface area contributed by atoms with Gasteiger partial charge in [0.15, 0.2) is 0 Å². The van der Waals surface area contributed by atoms with Crippen LogP contribution in [0, 0.1) is 0 Å². The zero-order chi connectivity index (χ0) is 15.2. The number of benzene rings is 1. The number of hydrogen-bond donors (Lipinski definition) is 1. The number of fused-ring (bicyclic) bond motifs is 1. The molecule has 0 saturated heterocycles. The molecule has 0 unspecified atom stereocenters. The topological polar surface area (TPSA) is 17.0 Å². The summed E-state index contributed by atoms with van der Waals surface area (Å²) in [6.45, 7) is 5.42. The normalized spacial score (nSPS) is 15.2. The zero-order valence-corrected chi connectivity index (χ0v) is 13.8. The van der Waals surface area contributed by atoms with E-state index in [0.717, 1.165) is 19.6 Å². The number of hydrogen-bond acceptors (Lipinski definition) is 1. The monoisotopic (exact) mass is 296 g/mol. The van der Waals surface area contributed by atoms with E-state index in [1.165, 1.54) is 55.0 Å². The van der Waals surface area contributed by atoms with Crippen molar-refractivity contribution < 1.29 is 0 Å². The molecule has 0 aliphatic heterocycles. The van der Waals surface area contributed by atoms with Crippen LogP contribution in [0.2, 0.25) is 0 Å². The van der Waals surface area contributed by atoms with Gasteiger partial charge < -0.3 is 9.88 Å². The van der Waals surface area contributed by atoms with Gasteiger partial charge in [-0.3, -0.25) is 0 Å². The molecule has 1 aliphatic rings. The Bertz CT molecular complexity index is 636. The van der Waals surface area contributed by atoms with Gasteiger partial charge in [0.25, 0.3) is 0 Å². The highest BCUT2D eigenvalue weighted by molar-refractivity contribution is 5.83. The van der Waals surface area contributed by atoms with Crippen LogP contribution in [0.3, 0.4) is 0 Å². The number of aryl methyl sites for hydroxylation is 1. The fourth-order valence-electron chi connectivity index (χ4n) is 3.49. The van der Waals surface area contributed by atoms with E-state index in [1.54, 1.807) is 5.57 Å². The van der Waals surface area contributed by atoms with Crippen molar-refractivity contribution in [2.75, 3.05) is 6.54 Å². The number of allylic oxidation sites excluding steroid dienone is 1. The van der Waals surface area contributed by atoms with E-state index in [4.69, 9.17) is 0 Å². The second kappa shape index (κ2) is 7.64. The van der Waals surface area contributed by atoms with Crippen molar-refractivity contribution in [3.63, 3.8) is 0 Å². The molecule has 2 heteroatoms. The second-order valence-corrected chi connectivity index (χ2v) is 6.40. The van der Waals surface area contributed by atoms with E-state index in [0.29, 0.717) is 0 Å². The van der Waals surface area contributed by atoms with Crippen LogP contribution in [0.1, 0.15) is 51.0 Å². The predicted octanol–water partition coefficient (Wildman–Crippen LogP) is 5.03. The summed E-state index contributed by atoms with van der Waals surface area (Å²) in [5.74, 6) is 0. The lowest BCUT2D eigenvalue weighted by molar-refractivity contribution is 0.631. The van der Waals surface area contributed by atoms with Gasteiger partial charge in [0.2, 0.25) is 0 Å². The van der Waals surface area contributed by atoms with Crippen LogP contribution in [0.25, 0.3) is 10.9 Å². The Morgan fingerprint density at radius 1 is 1.18 bits per heavy atom. The molecule has 1 aromatic carbocycles. The molecule has 2 nitrogen and oxygen atoms in total. The van der Waals surface area contributed by atoms with Crippen molar-refractivity contribution >= 4 is 10.9 Å². The third kappa shape index (κ3) is 3.61. The molecule has 1 heterocycles. The molecule has 1 N–H and O–H groups in total.